The maximum atomic E-state index is 13.5. The number of ketones is 1. The predicted octanol–water partition coefficient (Wildman–Crippen LogP) is 5.06. The number of rotatable bonds is 9. The van der Waals surface area contributed by atoms with Gasteiger partial charge in [-0.05, 0) is 30.5 Å². The number of nitrogens with zero attached hydrogens (tertiary/aromatic N) is 6. The molecule has 6 rings (SSSR count). The first-order chi connectivity index (χ1) is 18.9. The lowest BCUT2D eigenvalue weighted by Crippen LogP contribution is -2.12. The molecule has 0 radical (unpaired) electrons. The zero-order chi connectivity index (χ0) is 27.0. The summed E-state index contributed by atoms with van der Waals surface area (Å²) in [6.07, 6.45) is 1.54. The molecular formula is C27H24F2N6O4. The van der Waals surface area contributed by atoms with Crippen LogP contribution >= 0.6 is 0 Å². The van der Waals surface area contributed by atoms with Gasteiger partial charge in [0.15, 0.2) is 22.9 Å². The fraction of sp³-hybridized carbons (Fsp3) is 0.333. The van der Waals surface area contributed by atoms with Gasteiger partial charge in [-0.2, -0.15) is 4.52 Å². The van der Waals surface area contributed by atoms with Crippen molar-refractivity contribution in [1.82, 2.24) is 30.0 Å². The van der Waals surface area contributed by atoms with Gasteiger partial charge in [-0.25, -0.2) is 8.78 Å². The summed E-state index contributed by atoms with van der Waals surface area (Å²) in [6, 6.07) is 12.6. The van der Waals surface area contributed by atoms with Crippen LogP contribution in [0.4, 0.5) is 8.78 Å². The van der Waals surface area contributed by atoms with Gasteiger partial charge in [-0.15, -0.1) is 15.3 Å². The van der Waals surface area contributed by atoms with Crippen molar-refractivity contribution in [2.24, 2.45) is 5.92 Å². The Kier molecular flexibility index (Phi) is 6.47. The highest BCUT2D eigenvalue weighted by molar-refractivity contribution is 5.97. The van der Waals surface area contributed by atoms with Crippen LogP contribution in [0.25, 0.3) is 27.9 Å². The van der Waals surface area contributed by atoms with E-state index in [4.69, 9.17) is 14.0 Å². The third-order valence-electron chi connectivity index (χ3n) is 6.79. The summed E-state index contributed by atoms with van der Waals surface area (Å²) in [7, 11) is 1.56. The number of pyridine rings is 1. The topological polar surface area (TPSA) is 118 Å². The Bertz CT molecular complexity index is 1650. The molecule has 1 aliphatic rings. The van der Waals surface area contributed by atoms with E-state index in [1.165, 1.54) is 6.20 Å². The van der Waals surface area contributed by atoms with Crippen LogP contribution in [0, 0.1) is 5.92 Å². The summed E-state index contributed by atoms with van der Waals surface area (Å²) in [6.45, 7) is 0.355. The van der Waals surface area contributed by atoms with Gasteiger partial charge in [-0.3, -0.25) is 9.78 Å². The maximum absolute atomic E-state index is 13.5. The maximum Gasteiger partial charge on any atom is 0.248 e. The van der Waals surface area contributed by atoms with Crippen LogP contribution in [-0.2, 0) is 18.0 Å². The van der Waals surface area contributed by atoms with E-state index in [1.54, 1.807) is 29.8 Å². The van der Waals surface area contributed by atoms with Crippen LogP contribution in [0.15, 0.2) is 53.2 Å². The molecular weight excluding hydrogens is 510 g/mol. The molecule has 1 unspecified atom stereocenters. The largest absolute Gasteiger partial charge is 0.470 e. The van der Waals surface area contributed by atoms with Crippen molar-refractivity contribution in [1.29, 1.82) is 0 Å². The number of fused-ring (bicyclic) bond motifs is 3. The standard InChI is InChI=1S/C27H24F2N6O4/c1-37-15-19-11-22(34-39-19)25-32-31-24-20-4-2-3-5-21(20)26(33-35(24)25)38-14-18-7-6-17(13-30-18)23(36)10-16-8-9-27(28,29)12-16/h2-7,11,13,16H,8-10,12,14-15H2,1H3. The Morgan fingerprint density at radius 2 is 2.00 bits per heavy atom. The number of Topliss-reactive ketones (excluding diaryl/α,β-unsaturated/α-hetero) is 1. The molecule has 0 saturated heterocycles. The van der Waals surface area contributed by atoms with Crippen LogP contribution in [-0.4, -0.2) is 48.8 Å². The van der Waals surface area contributed by atoms with E-state index < -0.39 is 5.92 Å². The molecule has 0 bridgehead atoms. The Morgan fingerprint density at radius 3 is 2.74 bits per heavy atom. The molecule has 1 aromatic carbocycles. The van der Waals surface area contributed by atoms with E-state index in [-0.39, 0.29) is 44.2 Å². The van der Waals surface area contributed by atoms with Crippen LogP contribution in [0.5, 0.6) is 5.88 Å². The number of hydrogen-bond acceptors (Lipinski definition) is 9. The molecule has 1 fully saturated rings. The first kappa shape index (κ1) is 25.0. The van der Waals surface area contributed by atoms with Crippen LogP contribution < -0.4 is 4.74 Å². The van der Waals surface area contributed by atoms with Gasteiger partial charge in [0, 0.05) is 55.0 Å². The summed E-state index contributed by atoms with van der Waals surface area (Å²) < 4.78 is 44.9. The number of alkyl halides is 2. The molecule has 10 nitrogen and oxygen atoms in total. The van der Waals surface area contributed by atoms with Crippen molar-refractivity contribution in [3.63, 3.8) is 0 Å². The van der Waals surface area contributed by atoms with Crippen molar-refractivity contribution in [2.75, 3.05) is 7.11 Å². The van der Waals surface area contributed by atoms with Crippen molar-refractivity contribution in [2.45, 2.75) is 44.8 Å². The summed E-state index contributed by atoms with van der Waals surface area (Å²) in [5.41, 5.74) is 1.96. The molecule has 5 aromatic rings. The molecule has 200 valence electrons. The number of carbonyl (C=O) groups excluding carboxylic acids is 1. The van der Waals surface area contributed by atoms with E-state index in [9.17, 15) is 13.6 Å². The fourth-order valence-corrected chi connectivity index (χ4v) is 4.86. The highest BCUT2D eigenvalue weighted by atomic mass is 19.3. The zero-order valence-corrected chi connectivity index (χ0v) is 21.0. The van der Waals surface area contributed by atoms with Gasteiger partial charge in [-0.1, -0.05) is 23.4 Å². The van der Waals surface area contributed by atoms with Crippen molar-refractivity contribution < 1.29 is 27.6 Å². The number of methoxy groups -OCH3 is 1. The molecule has 1 aliphatic carbocycles. The normalized spacial score (nSPS) is 16.7. The molecule has 1 saturated carbocycles. The minimum Gasteiger partial charge on any atom is -0.470 e. The van der Waals surface area contributed by atoms with Crippen molar-refractivity contribution >= 4 is 22.2 Å². The third kappa shape index (κ3) is 5.07. The first-order valence-corrected chi connectivity index (χ1v) is 12.5. The summed E-state index contributed by atoms with van der Waals surface area (Å²) >= 11 is 0. The number of hydrogen-bond donors (Lipinski definition) is 0. The zero-order valence-electron chi connectivity index (χ0n) is 21.0. The van der Waals surface area contributed by atoms with E-state index in [0.29, 0.717) is 46.5 Å². The lowest BCUT2D eigenvalue weighted by atomic mass is 9.97. The SMILES string of the molecule is COCc1cc(-c2nnc3c4ccccc4c(OCc4ccc(C(=O)CC5CCC(F)(F)C5)cn4)nn23)no1. The molecule has 0 aliphatic heterocycles. The number of ether oxygens (including phenoxy) is 2. The average Bonchev–Trinajstić information content (AvgIpc) is 3.66. The third-order valence-corrected chi connectivity index (χ3v) is 6.79. The second-order valence-electron chi connectivity index (χ2n) is 9.64. The number of halogens is 2. The van der Waals surface area contributed by atoms with Gasteiger partial charge in [0.2, 0.25) is 17.6 Å². The van der Waals surface area contributed by atoms with Gasteiger partial charge < -0.3 is 14.0 Å². The molecule has 0 N–H and O–H groups in total. The van der Waals surface area contributed by atoms with E-state index >= 15 is 0 Å². The molecule has 0 amide bonds. The number of aromatic nitrogens is 6. The first-order valence-electron chi connectivity index (χ1n) is 12.5. The monoisotopic (exact) mass is 534 g/mol. The highest BCUT2D eigenvalue weighted by Gasteiger charge is 2.40. The second kappa shape index (κ2) is 10.1. The molecule has 39 heavy (non-hydrogen) atoms. The number of benzene rings is 1. The molecule has 4 aromatic heterocycles. The van der Waals surface area contributed by atoms with Crippen LogP contribution in [0.3, 0.4) is 0 Å². The quantitative estimate of drug-likeness (QED) is 0.239. The Balaban J connectivity index is 1.22. The molecule has 0 spiro atoms. The van der Waals surface area contributed by atoms with Gasteiger partial charge in [0.05, 0.1) is 5.69 Å². The fourth-order valence-electron chi connectivity index (χ4n) is 4.86. The van der Waals surface area contributed by atoms with Crippen LogP contribution in [0.1, 0.15) is 47.5 Å². The van der Waals surface area contributed by atoms with E-state index in [0.717, 1.165) is 10.8 Å². The van der Waals surface area contributed by atoms with Crippen molar-refractivity contribution in [3.8, 4) is 17.4 Å². The van der Waals surface area contributed by atoms with E-state index in [1.807, 2.05) is 24.3 Å². The van der Waals surface area contributed by atoms with Gasteiger partial charge in [0.1, 0.15) is 13.2 Å². The van der Waals surface area contributed by atoms with Crippen molar-refractivity contribution in [3.05, 3.63) is 65.7 Å². The van der Waals surface area contributed by atoms with E-state index in [2.05, 4.69) is 25.4 Å². The summed E-state index contributed by atoms with van der Waals surface area (Å²) in [5.74, 6) is -1.89. The van der Waals surface area contributed by atoms with Gasteiger partial charge >= 0.3 is 0 Å². The smallest absolute Gasteiger partial charge is 0.248 e. The van der Waals surface area contributed by atoms with Gasteiger partial charge in [0.25, 0.3) is 0 Å². The lowest BCUT2D eigenvalue weighted by molar-refractivity contribution is 0.00497. The minimum absolute atomic E-state index is 0.0885. The Morgan fingerprint density at radius 1 is 1.15 bits per heavy atom. The number of carbonyl (C=O) groups is 1. The Labute approximate surface area is 220 Å². The second-order valence-corrected chi connectivity index (χ2v) is 9.64. The van der Waals surface area contributed by atoms with Crippen LogP contribution in [0.2, 0.25) is 0 Å². The minimum atomic E-state index is -2.67. The highest BCUT2D eigenvalue weighted by Crippen LogP contribution is 2.40. The summed E-state index contributed by atoms with van der Waals surface area (Å²) in [5, 5.41) is 18.8. The predicted molar refractivity (Wildman–Crippen MR) is 134 cm³/mol. The Hall–Kier alpha value is -4.32. The lowest BCUT2D eigenvalue weighted by Gasteiger charge is -2.11. The molecule has 4 heterocycles. The summed E-state index contributed by atoms with van der Waals surface area (Å²) in [4.78, 5) is 16.9. The molecule has 12 heteroatoms. The average molecular weight is 535 g/mol. The molecule has 1 atom stereocenters.